The maximum absolute atomic E-state index is 12.4. The molecule has 0 radical (unpaired) electrons. The Labute approximate surface area is 122 Å². The van der Waals surface area contributed by atoms with Crippen molar-refractivity contribution in [3.05, 3.63) is 46.1 Å². The first-order chi connectivity index (χ1) is 9.97. The minimum absolute atomic E-state index is 0.307. The van der Waals surface area contributed by atoms with Gasteiger partial charge >= 0.3 is 11.7 Å². The summed E-state index contributed by atoms with van der Waals surface area (Å²) >= 11 is 0. The number of hydrogen-bond acceptors (Lipinski definition) is 3. The van der Waals surface area contributed by atoms with Gasteiger partial charge in [0.2, 0.25) is 0 Å². The Bertz CT molecular complexity index is 740. The van der Waals surface area contributed by atoms with E-state index in [1.165, 1.54) is 9.25 Å². The molecule has 0 saturated carbocycles. The largest absolute Gasteiger partial charge is 0.354 e. The number of nitrogens with zero attached hydrogens (tertiary/aromatic N) is 4. The highest BCUT2D eigenvalue weighted by Crippen LogP contribution is 2.22. The number of benzene rings is 1. The van der Waals surface area contributed by atoms with E-state index in [1.807, 2.05) is 45.0 Å². The molecule has 1 aromatic heterocycles. The molecule has 0 aliphatic carbocycles. The van der Waals surface area contributed by atoms with Crippen LogP contribution in [-0.2, 0) is 13.1 Å². The summed E-state index contributed by atoms with van der Waals surface area (Å²) in [6.45, 7) is 6.87. The number of hydrogen-bond donors (Lipinski definition) is 0. The van der Waals surface area contributed by atoms with E-state index >= 15 is 0 Å². The second kappa shape index (κ2) is 4.87. The average Bonchev–Trinajstić information content (AvgIpc) is 2.89. The molecule has 2 heterocycles. The molecule has 110 valence electrons. The lowest BCUT2D eigenvalue weighted by atomic mass is 10.2. The Morgan fingerprint density at radius 1 is 1.19 bits per heavy atom. The molecule has 0 spiro atoms. The van der Waals surface area contributed by atoms with Gasteiger partial charge in [-0.2, -0.15) is 9.67 Å². The molecular weight excluding hydrogens is 268 g/mol. The molecular formula is C15H18N4O2. The van der Waals surface area contributed by atoms with Crippen LogP contribution in [0.4, 0.5) is 10.5 Å². The second-order valence-electron chi connectivity index (χ2n) is 5.81. The number of rotatable bonds is 3. The van der Waals surface area contributed by atoms with E-state index in [4.69, 9.17) is 0 Å². The number of anilines is 1. The first kappa shape index (κ1) is 13.6. The summed E-state index contributed by atoms with van der Waals surface area (Å²) in [5, 5.41) is 4.28. The van der Waals surface area contributed by atoms with E-state index in [0.29, 0.717) is 24.8 Å². The summed E-state index contributed by atoms with van der Waals surface area (Å²) in [5.74, 6) is 0.813. The number of fused-ring (bicyclic) bond motifs is 1. The highest BCUT2D eigenvalue weighted by Gasteiger charge is 2.33. The Balaban J connectivity index is 1.93. The van der Waals surface area contributed by atoms with Crippen molar-refractivity contribution in [1.29, 1.82) is 0 Å². The molecule has 1 aliphatic heterocycles. The van der Waals surface area contributed by atoms with Crippen molar-refractivity contribution in [2.24, 2.45) is 5.92 Å². The summed E-state index contributed by atoms with van der Waals surface area (Å²) in [4.78, 5) is 26.3. The summed E-state index contributed by atoms with van der Waals surface area (Å²) in [7, 11) is 0. The molecule has 0 unspecified atom stereocenters. The summed E-state index contributed by atoms with van der Waals surface area (Å²) in [6.07, 6.45) is 0. The summed E-state index contributed by atoms with van der Waals surface area (Å²) in [5.41, 5.74) is 1.56. The van der Waals surface area contributed by atoms with E-state index in [9.17, 15) is 9.59 Å². The zero-order valence-electron chi connectivity index (χ0n) is 12.4. The third kappa shape index (κ3) is 2.26. The monoisotopic (exact) mass is 286 g/mol. The fourth-order valence-electron chi connectivity index (χ4n) is 2.47. The van der Waals surface area contributed by atoms with Crippen LogP contribution in [0.5, 0.6) is 0 Å². The highest BCUT2D eigenvalue weighted by molar-refractivity contribution is 5.96. The quantitative estimate of drug-likeness (QED) is 0.867. The standard InChI is InChI=1S/C15H18N4O2/c1-10(2)8-18-15(21)19-13(16-18)9-17(14(19)20)12-6-4-11(3)5-7-12/h4-7,10H,8-9H2,1-3H3. The van der Waals surface area contributed by atoms with Gasteiger partial charge in [0.1, 0.15) is 0 Å². The molecule has 1 amide bonds. The maximum atomic E-state index is 12.4. The minimum atomic E-state index is -0.349. The molecule has 1 aliphatic rings. The number of amides is 1. The van der Waals surface area contributed by atoms with Gasteiger partial charge in [0.15, 0.2) is 5.82 Å². The van der Waals surface area contributed by atoms with Crippen molar-refractivity contribution in [2.75, 3.05) is 4.90 Å². The Kier molecular flexibility index (Phi) is 3.16. The zero-order chi connectivity index (χ0) is 15.1. The summed E-state index contributed by atoms with van der Waals surface area (Å²) < 4.78 is 2.55. The second-order valence-corrected chi connectivity index (χ2v) is 5.81. The van der Waals surface area contributed by atoms with Gasteiger partial charge in [-0.05, 0) is 25.0 Å². The fourth-order valence-corrected chi connectivity index (χ4v) is 2.47. The SMILES string of the molecule is Cc1ccc(N2Cc3nn(CC(C)C)c(=O)n3C2=O)cc1. The van der Waals surface area contributed by atoms with Crippen molar-refractivity contribution in [3.63, 3.8) is 0 Å². The molecule has 3 rings (SSSR count). The normalized spacial score (nSPS) is 14.1. The Morgan fingerprint density at radius 2 is 1.86 bits per heavy atom. The predicted octanol–water partition coefficient (Wildman–Crippen LogP) is 2.00. The van der Waals surface area contributed by atoms with Crippen LogP contribution in [0.25, 0.3) is 0 Å². The van der Waals surface area contributed by atoms with Gasteiger partial charge < -0.3 is 0 Å². The number of aromatic nitrogens is 3. The van der Waals surface area contributed by atoms with Crippen molar-refractivity contribution < 1.29 is 4.79 Å². The molecule has 0 N–H and O–H groups in total. The van der Waals surface area contributed by atoms with Gasteiger partial charge in [0.25, 0.3) is 0 Å². The topological polar surface area (TPSA) is 60.1 Å². The van der Waals surface area contributed by atoms with Crippen molar-refractivity contribution in [3.8, 4) is 0 Å². The van der Waals surface area contributed by atoms with E-state index in [-0.39, 0.29) is 11.7 Å². The third-order valence-electron chi connectivity index (χ3n) is 3.51. The van der Waals surface area contributed by atoms with Gasteiger partial charge in [-0.1, -0.05) is 31.5 Å². The van der Waals surface area contributed by atoms with Gasteiger partial charge in [0.05, 0.1) is 6.54 Å². The Morgan fingerprint density at radius 3 is 2.43 bits per heavy atom. The smallest absolute Gasteiger partial charge is 0.286 e. The third-order valence-corrected chi connectivity index (χ3v) is 3.51. The summed E-state index contributed by atoms with van der Waals surface area (Å²) in [6, 6.07) is 7.33. The Hall–Kier alpha value is -2.37. The molecule has 6 nitrogen and oxygen atoms in total. The number of aryl methyl sites for hydroxylation is 1. The first-order valence-corrected chi connectivity index (χ1v) is 7.04. The van der Waals surface area contributed by atoms with Gasteiger partial charge in [0, 0.05) is 12.2 Å². The fraction of sp³-hybridized carbons (Fsp3) is 0.400. The molecule has 6 heteroatoms. The van der Waals surface area contributed by atoms with Crippen LogP contribution < -0.4 is 10.6 Å². The first-order valence-electron chi connectivity index (χ1n) is 7.04. The molecule has 2 aromatic rings. The van der Waals surface area contributed by atoms with Crippen molar-refractivity contribution in [2.45, 2.75) is 33.9 Å². The van der Waals surface area contributed by atoms with E-state index in [1.54, 1.807) is 4.90 Å². The number of carbonyl (C=O) groups excluding carboxylic acids is 1. The van der Waals surface area contributed by atoms with Crippen LogP contribution >= 0.6 is 0 Å². The van der Waals surface area contributed by atoms with Gasteiger partial charge in [-0.3, -0.25) is 4.90 Å². The lowest BCUT2D eigenvalue weighted by Gasteiger charge is -2.15. The molecule has 0 saturated heterocycles. The van der Waals surface area contributed by atoms with Crippen LogP contribution in [0.2, 0.25) is 0 Å². The van der Waals surface area contributed by atoms with Crippen LogP contribution in [0.3, 0.4) is 0 Å². The molecule has 0 atom stereocenters. The highest BCUT2D eigenvalue weighted by atomic mass is 16.2. The lowest BCUT2D eigenvalue weighted by Crippen LogP contribution is -2.35. The van der Waals surface area contributed by atoms with E-state index in [0.717, 1.165) is 11.3 Å². The zero-order valence-corrected chi connectivity index (χ0v) is 12.4. The van der Waals surface area contributed by atoms with Crippen molar-refractivity contribution >= 4 is 11.7 Å². The van der Waals surface area contributed by atoms with Crippen molar-refractivity contribution in [1.82, 2.24) is 14.3 Å². The molecule has 1 aromatic carbocycles. The minimum Gasteiger partial charge on any atom is -0.286 e. The van der Waals surface area contributed by atoms with Crippen LogP contribution in [0, 0.1) is 12.8 Å². The van der Waals surface area contributed by atoms with Crippen LogP contribution in [-0.4, -0.2) is 20.4 Å². The van der Waals surface area contributed by atoms with Gasteiger partial charge in [-0.15, -0.1) is 0 Å². The molecule has 21 heavy (non-hydrogen) atoms. The van der Waals surface area contributed by atoms with Crippen LogP contribution in [0.1, 0.15) is 25.2 Å². The lowest BCUT2D eigenvalue weighted by molar-refractivity contribution is 0.249. The maximum Gasteiger partial charge on any atom is 0.354 e. The van der Waals surface area contributed by atoms with E-state index in [2.05, 4.69) is 5.10 Å². The average molecular weight is 286 g/mol. The molecule has 0 bridgehead atoms. The van der Waals surface area contributed by atoms with E-state index < -0.39 is 0 Å². The predicted molar refractivity (Wildman–Crippen MR) is 79.5 cm³/mol. The number of carbonyl (C=O) groups is 1. The molecule has 0 fully saturated rings. The van der Waals surface area contributed by atoms with Gasteiger partial charge in [-0.25, -0.2) is 14.3 Å². The van der Waals surface area contributed by atoms with Crippen LogP contribution in [0.15, 0.2) is 29.1 Å².